The molecule has 1 atom stereocenters. The van der Waals surface area contributed by atoms with Crippen molar-refractivity contribution in [2.24, 2.45) is 16.5 Å². The summed E-state index contributed by atoms with van der Waals surface area (Å²) >= 11 is 0. The van der Waals surface area contributed by atoms with Crippen molar-refractivity contribution in [3.8, 4) is 0 Å². The summed E-state index contributed by atoms with van der Waals surface area (Å²) in [7, 11) is -1.21. The quantitative estimate of drug-likeness (QED) is 0.245. The SMILES string of the molecule is CC1(C)C(N)=C(C(N)=NC(=O)C2(S(C)(C)C)CCC2)CN1C(=O)NC(C(=O)OCc1ccccc1)c1ccccc1. The Bertz CT molecular complexity index is 1360. The number of ether oxygens (including phenoxy) is 1. The maximum Gasteiger partial charge on any atom is 0.333 e. The van der Waals surface area contributed by atoms with Crippen LogP contribution in [0.15, 0.2) is 76.9 Å². The zero-order valence-corrected chi connectivity index (χ0v) is 25.3. The number of urea groups is 1. The van der Waals surface area contributed by atoms with Crippen LogP contribution < -0.4 is 16.8 Å². The Morgan fingerprint density at radius 1 is 1.02 bits per heavy atom. The summed E-state index contributed by atoms with van der Waals surface area (Å²) in [6, 6.07) is 16.7. The van der Waals surface area contributed by atoms with E-state index in [1.807, 2.05) is 36.4 Å². The third-order valence-electron chi connectivity index (χ3n) is 8.34. The lowest BCUT2D eigenvalue weighted by atomic mass is 9.83. The van der Waals surface area contributed by atoms with Gasteiger partial charge in [-0.1, -0.05) is 60.7 Å². The highest BCUT2D eigenvalue weighted by Gasteiger charge is 2.51. The maximum absolute atomic E-state index is 13.7. The molecule has 2 aromatic carbocycles. The van der Waals surface area contributed by atoms with Gasteiger partial charge in [-0.15, -0.1) is 0 Å². The summed E-state index contributed by atoms with van der Waals surface area (Å²) in [5.74, 6) is -0.767. The lowest BCUT2D eigenvalue weighted by molar-refractivity contribution is -0.147. The van der Waals surface area contributed by atoms with Crippen molar-refractivity contribution in [2.45, 2.75) is 56.0 Å². The second-order valence-corrected chi connectivity index (χ2v) is 16.4. The summed E-state index contributed by atoms with van der Waals surface area (Å²) in [5.41, 5.74) is 14.2. The Hall–Kier alpha value is -3.79. The van der Waals surface area contributed by atoms with E-state index in [9.17, 15) is 14.4 Å². The minimum absolute atomic E-state index is 0.0349. The first-order valence-corrected chi connectivity index (χ1v) is 16.5. The van der Waals surface area contributed by atoms with Crippen molar-refractivity contribution in [1.82, 2.24) is 10.2 Å². The largest absolute Gasteiger partial charge is 0.459 e. The van der Waals surface area contributed by atoms with E-state index >= 15 is 0 Å². The third-order valence-corrected chi connectivity index (χ3v) is 11.3. The number of nitrogens with two attached hydrogens (primary N) is 2. The van der Waals surface area contributed by atoms with E-state index in [0.29, 0.717) is 16.8 Å². The van der Waals surface area contributed by atoms with Gasteiger partial charge in [-0.25, -0.2) is 19.6 Å². The maximum atomic E-state index is 13.7. The molecule has 4 rings (SSSR count). The highest BCUT2D eigenvalue weighted by atomic mass is 32.3. The zero-order chi connectivity index (χ0) is 30.0. The van der Waals surface area contributed by atoms with Crippen molar-refractivity contribution in [1.29, 1.82) is 0 Å². The number of carbonyl (C=O) groups is 3. The average Bonchev–Trinajstić information content (AvgIpc) is 3.14. The summed E-state index contributed by atoms with van der Waals surface area (Å²) < 4.78 is 5.11. The molecule has 10 heteroatoms. The highest BCUT2D eigenvalue weighted by molar-refractivity contribution is 8.33. The molecule has 5 N–H and O–H groups in total. The van der Waals surface area contributed by atoms with Crippen LogP contribution in [0.25, 0.3) is 0 Å². The van der Waals surface area contributed by atoms with Gasteiger partial charge < -0.3 is 26.4 Å². The number of aliphatic imine (C=N–C) groups is 1. The van der Waals surface area contributed by atoms with Gasteiger partial charge in [0.05, 0.1) is 16.8 Å². The van der Waals surface area contributed by atoms with Crippen molar-refractivity contribution in [3.63, 3.8) is 0 Å². The van der Waals surface area contributed by atoms with Gasteiger partial charge in [0.25, 0.3) is 5.91 Å². The second kappa shape index (κ2) is 11.6. The molecule has 0 radical (unpaired) electrons. The molecule has 41 heavy (non-hydrogen) atoms. The molecule has 1 heterocycles. The minimum atomic E-state index is -1.21. The zero-order valence-electron chi connectivity index (χ0n) is 24.5. The van der Waals surface area contributed by atoms with Crippen LogP contribution in [-0.4, -0.2) is 64.2 Å². The first-order valence-electron chi connectivity index (χ1n) is 13.7. The Kier molecular flexibility index (Phi) is 8.54. The van der Waals surface area contributed by atoms with E-state index in [1.165, 1.54) is 4.90 Å². The Balaban J connectivity index is 1.53. The number of nitrogens with one attached hydrogen (secondary N) is 1. The Morgan fingerprint density at radius 2 is 1.61 bits per heavy atom. The number of amides is 3. The molecule has 0 spiro atoms. The number of esters is 1. The fraction of sp³-hybridized carbons (Fsp3) is 0.419. The van der Waals surface area contributed by atoms with Crippen LogP contribution in [0.4, 0.5) is 4.79 Å². The van der Waals surface area contributed by atoms with Gasteiger partial charge in [-0.3, -0.25) is 4.79 Å². The lowest BCUT2D eigenvalue weighted by Gasteiger charge is -2.52. The van der Waals surface area contributed by atoms with Gasteiger partial charge >= 0.3 is 12.0 Å². The van der Waals surface area contributed by atoms with E-state index in [0.717, 1.165) is 24.8 Å². The number of hydrogen-bond donors (Lipinski definition) is 3. The van der Waals surface area contributed by atoms with Crippen molar-refractivity contribution in [3.05, 3.63) is 83.1 Å². The normalized spacial score (nSPS) is 19.2. The molecular weight excluding hydrogens is 538 g/mol. The van der Waals surface area contributed by atoms with Crippen LogP contribution in [0.1, 0.15) is 50.3 Å². The molecule has 1 aliphatic heterocycles. The monoisotopic (exact) mass is 579 g/mol. The van der Waals surface area contributed by atoms with Gasteiger partial charge in [-0.2, -0.15) is 4.99 Å². The first-order chi connectivity index (χ1) is 19.3. The number of carbonyl (C=O) groups excluding carboxylic acids is 3. The van der Waals surface area contributed by atoms with Crippen LogP contribution >= 0.6 is 10.0 Å². The number of rotatable bonds is 8. The molecule has 1 unspecified atom stereocenters. The van der Waals surface area contributed by atoms with Gasteiger partial charge in [0.15, 0.2) is 6.04 Å². The number of benzene rings is 2. The van der Waals surface area contributed by atoms with Gasteiger partial charge in [0, 0.05) is 11.3 Å². The molecule has 1 fully saturated rings. The predicted octanol–water partition coefficient (Wildman–Crippen LogP) is 3.99. The fourth-order valence-corrected chi connectivity index (χ4v) is 7.39. The Morgan fingerprint density at radius 3 is 2.15 bits per heavy atom. The van der Waals surface area contributed by atoms with E-state index in [4.69, 9.17) is 16.2 Å². The molecule has 0 bridgehead atoms. The number of nitrogens with zero attached hydrogens (tertiary/aromatic N) is 2. The van der Waals surface area contributed by atoms with Gasteiger partial charge in [0.2, 0.25) is 0 Å². The first kappa shape index (κ1) is 30.2. The van der Waals surface area contributed by atoms with Crippen LogP contribution in [0.3, 0.4) is 0 Å². The van der Waals surface area contributed by atoms with Gasteiger partial charge in [0.1, 0.15) is 12.4 Å². The molecule has 2 aromatic rings. The predicted molar refractivity (Wildman–Crippen MR) is 165 cm³/mol. The summed E-state index contributed by atoms with van der Waals surface area (Å²) in [6.45, 7) is 3.71. The van der Waals surface area contributed by atoms with Crippen LogP contribution in [0, 0.1) is 0 Å². The van der Waals surface area contributed by atoms with Crippen LogP contribution in [0.5, 0.6) is 0 Å². The van der Waals surface area contributed by atoms with Crippen LogP contribution in [-0.2, 0) is 20.9 Å². The summed E-state index contributed by atoms with van der Waals surface area (Å²) in [4.78, 5) is 46.1. The third kappa shape index (κ3) is 5.98. The van der Waals surface area contributed by atoms with Crippen molar-refractivity contribution >= 4 is 33.8 Å². The van der Waals surface area contributed by atoms with E-state index < -0.39 is 38.4 Å². The smallest absolute Gasteiger partial charge is 0.333 e. The van der Waals surface area contributed by atoms with Gasteiger partial charge in [-0.05, 0) is 63.0 Å². The van der Waals surface area contributed by atoms with E-state index in [1.54, 1.807) is 38.1 Å². The van der Waals surface area contributed by atoms with Crippen molar-refractivity contribution < 1.29 is 19.1 Å². The molecule has 0 saturated heterocycles. The van der Waals surface area contributed by atoms with E-state index in [2.05, 4.69) is 29.1 Å². The fourth-order valence-electron chi connectivity index (χ4n) is 5.30. The molecule has 1 saturated carbocycles. The van der Waals surface area contributed by atoms with Crippen LogP contribution in [0.2, 0.25) is 0 Å². The lowest BCUT2D eigenvalue weighted by Crippen LogP contribution is -2.52. The average molecular weight is 580 g/mol. The molecule has 9 nitrogen and oxygen atoms in total. The highest BCUT2D eigenvalue weighted by Crippen LogP contribution is 2.61. The molecule has 0 aromatic heterocycles. The number of hydrogen-bond acceptors (Lipinski definition) is 5. The van der Waals surface area contributed by atoms with E-state index in [-0.39, 0.29) is 24.9 Å². The second-order valence-electron chi connectivity index (χ2n) is 11.9. The molecular formula is C31H41N5O4S. The Labute approximate surface area is 243 Å². The summed E-state index contributed by atoms with van der Waals surface area (Å²) in [5, 5.41) is 2.84. The standard InChI is InChI=1S/C31H41N5O4S/c1-30(2)25(32)23(26(33)35-28(38)31(17-12-18-31)41(3,4)5)19-36(30)29(39)34-24(22-15-10-7-11-16-22)27(37)40-20-21-13-8-6-9-14-21/h6-11,13-16,24H,12,17-20,32H2,1-5H3,(H,34,39)(H2,33,35,38). The van der Waals surface area contributed by atoms with Crippen molar-refractivity contribution in [2.75, 3.05) is 25.3 Å². The number of amidine groups is 1. The molecule has 2 aliphatic rings. The summed E-state index contributed by atoms with van der Waals surface area (Å²) in [6.07, 6.45) is 8.98. The molecule has 3 amide bonds. The molecule has 220 valence electrons. The molecule has 1 aliphatic carbocycles. The minimum Gasteiger partial charge on any atom is -0.459 e. The topological polar surface area (TPSA) is 140 Å².